The van der Waals surface area contributed by atoms with Crippen LogP contribution >= 0.6 is 11.6 Å². The Morgan fingerprint density at radius 3 is 2.56 bits per heavy atom. The molecule has 0 unspecified atom stereocenters. The van der Waals surface area contributed by atoms with Crippen molar-refractivity contribution in [2.45, 2.75) is 52.7 Å². The molecule has 1 aromatic carbocycles. The fourth-order valence-corrected chi connectivity index (χ4v) is 3.93. The number of carbonyl (C=O) groups excluding carboxylic acids is 1. The SMILES string of the molecule is CCOC(=O)[C@H]1N[C@@H](c2cccc(Cl)c2C)[C@@H]([N+](=O)[O-])[C@@H]1C(C)(C)C. The van der Waals surface area contributed by atoms with E-state index in [0.717, 1.165) is 11.1 Å². The summed E-state index contributed by atoms with van der Waals surface area (Å²) in [5, 5.41) is 15.7. The predicted octanol–water partition coefficient (Wildman–Crippen LogP) is 3.53. The van der Waals surface area contributed by atoms with Crippen LogP contribution in [0.15, 0.2) is 18.2 Å². The zero-order valence-electron chi connectivity index (χ0n) is 15.2. The molecule has 0 saturated carbocycles. The van der Waals surface area contributed by atoms with E-state index in [1.165, 1.54) is 0 Å². The molecule has 2 rings (SSSR count). The fraction of sp³-hybridized carbons (Fsp3) is 0.611. The van der Waals surface area contributed by atoms with Crippen LogP contribution in [0.2, 0.25) is 5.02 Å². The highest BCUT2D eigenvalue weighted by atomic mass is 35.5. The lowest BCUT2D eigenvalue weighted by Crippen LogP contribution is -2.45. The summed E-state index contributed by atoms with van der Waals surface area (Å²) in [6, 6.07) is 3.05. The normalized spacial score (nSPS) is 26.5. The summed E-state index contributed by atoms with van der Waals surface area (Å²) in [6.45, 7) is 9.53. The van der Waals surface area contributed by atoms with Crippen LogP contribution in [0.1, 0.15) is 44.9 Å². The van der Waals surface area contributed by atoms with Gasteiger partial charge >= 0.3 is 5.97 Å². The second-order valence-electron chi connectivity index (χ2n) is 7.50. The monoisotopic (exact) mass is 368 g/mol. The van der Waals surface area contributed by atoms with Gasteiger partial charge in [-0.15, -0.1) is 0 Å². The molecule has 0 radical (unpaired) electrons. The molecule has 6 nitrogen and oxygen atoms in total. The lowest BCUT2D eigenvalue weighted by Gasteiger charge is -2.31. The third-order valence-corrected chi connectivity index (χ3v) is 5.27. The van der Waals surface area contributed by atoms with Gasteiger partial charge in [0.05, 0.1) is 12.5 Å². The van der Waals surface area contributed by atoms with Crippen molar-refractivity contribution in [1.82, 2.24) is 5.32 Å². The Kier molecular flexibility index (Phi) is 5.74. The Morgan fingerprint density at radius 1 is 1.40 bits per heavy atom. The van der Waals surface area contributed by atoms with Crippen molar-refractivity contribution in [2.24, 2.45) is 11.3 Å². The minimum atomic E-state index is -0.952. The molecular weight excluding hydrogens is 344 g/mol. The Hall–Kier alpha value is -1.66. The van der Waals surface area contributed by atoms with Gasteiger partial charge in [0.2, 0.25) is 6.04 Å². The van der Waals surface area contributed by atoms with Gasteiger partial charge in [0, 0.05) is 9.95 Å². The van der Waals surface area contributed by atoms with Gasteiger partial charge in [0.25, 0.3) is 0 Å². The molecule has 0 spiro atoms. The maximum Gasteiger partial charge on any atom is 0.323 e. The van der Waals surface area contributed by atoms with Gasteiger partial charge in [-0.3, -0.25) is 20.2 Å². The lowest BCUT2D eigenvalue weighted by molar-refractivity contribution is -0.535. The Morgan fingerprint density at radius 2 is 2.04 bits per heavy atom. The molecule has 7 heteroatoms. The van der Waals surface area contributed by atoms with Gasteiger partial charge in [-0.2, -0.15) is 0 Å². The first-order chi connectivity index (χ1) is 11.6. The molecule has 1 fully saturated rings. The summed E-state index contributed by atoms with van der Waals surface area (Å²) < 4.78 is 5.17. The smallest absolute Gasteiger partial charge is 0.323 e. The van der Waals surface area contributed by atoms with E-state index in [9.17, 15) is 14.9 Å². The molecular formula is C18H25ClN2O4. The number of benzene rings is 1. The number of hydrogen-bond acceptors (Lipinski definition) is 5. The Labute approximate surface area is 153 Å². The number of halogens is 1. The summed E-state index contributed by atoms with van der Waals surface area (Å²) in [4.78, 5) is 24.1. The Bertz CT molecular complexity index is 672. The van der Waals surface area contributed by atoms with Gasteiger partial charge in [-0.25, -0.2) is 0 Å². The zero-order valence-corrected chi connectivity index (χ0v) is 16.0. The molecule has 1 aromatic rings. The van der Waals surface area contributed by atoms with Crippen LogP contribution in [0.3, 0.4) is 0 Å². The standard InChI is InChI=1S/C18H25ClN2O4/c1-6-25-17(22)15-13(18(3,4)5)16(21(23)24)14(20-15)11-8-7-9-12(19)10(11)2/h7-9,13-16,20H,6H2,1-5H3/t13-,14+,15+,16+/m1/s1. The molecule has 1 aliphatic heterocycles. The van der Waals surface area contributed by atoms with Crippen molar-refractivity contribution < 1.29 is 14.5 Å². The minimum Gasteiger partial charge on any atom is -0.465 e. The molecule has 1 saturated heterocycles. The van der Waals surface area contributed by atoms with Gasteiger partial charge in [-0.05, 0) is 36.5 Å². The molecule has 0 aromatic heterocycles. The lowest BCUT2D eigenvalue weighted by atomic mass is 9.72. The molecule has 4 atom stereocenters. The number of nitrogens with one attached hydrogen (secondary N) is 1. The number of nitro groups is 1. The number of ether oxygens (including phenoxy) is 1. The largest absolute Gasteiger partial charge is 0.465 e. The van der Waals surface area contributed by atoms with E-state index < -0.39 is 35.4 Å². The number of carbonyl (C=O) groups is 1. The molecule has 0 bridgehead atoms. The van der Waals surface area contributed by atoms with Crippen LogP contribution in [-0.2, 0) is 9.53 Å². The maximum atomic E-state index is 12.5. The Balaban J connectivity index is 2.55. The summed E-state index contributed by atoms with van der Waals surface area (Å²) in [6.07, 6.45) is 0. The van der Waals surface area contributed by atoms with Crippen molar-refractivity contribution in [2.75, 3.05) is 6.61 Å². The van der Waals surface area contributed by atoms with Crippen molar-refractivity contribution in [1.29, 1.82) is 0 Å². The van der Waals surface area contributed by atoms with E-state index in [2.05, 4.69) is 5.32 Å². The van der Waals surface area contributed by atoms with Crippen molar-refractivity contribution in [3.8, 4) is 0 Å². The first kappa shape index (κ1) is 19.7. The van der Waals surface area contributed by atoms with Gasteiger partial charge in [0.15, 0.2) is 0 Å². The van der Waals surface area contributed by atoms with Crippen molar-refractivity contribution in [3.05, 3.63) is 44.5 Å². The van der Waals surface area contributed by atoms with Gasteiger partial charge < -0.3 is 4.74 Å². The molecule has 0 aliphatic carbocycles. The third kappa shape index (κ3) is 3.80. The summed E-state index contributed by atoms with van der Waals surface area (Å²) in [5.74, 6) is -0.957. The molecule has 0 amide bonds. The highest BCUT2D eigenvalue weighted by Crippen LogP contribution is 2.44. The minimum absolute atomic E-state index is 0.234. The predicted molar refractivity (Wildman–Crippen MR) is 96.2 cm³/mol. The summed E-state index contributed by atoms with van der Waals surface area (Å²) >= 11 is 6.21. The van der Waals surface area contributed by atoms with Crippen molar-refractivity contribution >= 4 is 17.6 Å². The number of esters is 1. The topological polar surface area (TPSA) is 81.5 Å². The van der Waals surface area contributed by atoms with E-state index in [-0.39, 0.29) is 11.5 Å². The summed E-state index contributed by atoms with van der Waals surface area (Å²) in [5.41, 5.74) is 1.07. The van der Waals surface area contributed by atoms with E-state index in [4.69, 9.17) is 16.3 Å². The van der Waals surface area contributed by atoms with Gasteiger partial charge in [-0.1, -0.05) is 44.5 Å². The molecule has 1 aliphatic rings. The highest BCUT2D eigenvalue weighted by molar-refractivity contribution is 6.31. The molecule has 138 valence electrons. The van der Waals surface area contributed by atoms with E-state index in [0.29, 0.717) is 5.02 Å². The third-order valence-electron chi connectivity index (χ3n) is 4.86. The van der Waals surface area contributed by atoms with Crippen LogP contribution in [0, 0.1) is 28.4 Å². The average molecular weight is 369 g/mol. The van der Waals surface area contributed by atoms with Crippen LogP contribution in [0.5, 0.6) is 0 Å². The first-order valence-electron chi connectivity index (χ1n) is 8.40. The zero-order chi connectivity index (χ0) is 18.9. The molecule has 25 heavy (non-hydrogen) atoms. The second kappa shape index (κ2) is 7.30. The van der Waals surface area contributed by atoms with Crippen LogP contribution in [0.25, 0.3) is 0 Å². The van der Waals surface area contributed by atoms with E-state index >= 15 is 0 Å². The number of nitrogens with zero attached hydrogens (tertiary/aromatic N) is 1. The maximum absolute atomic E-state index is 12.5. The number of hydrogen-bond donors (Lipinski definition) is 1. The highest BCUT2D eigenvalue weighted by Gasteiger charge is 2.58. The van der Waals surface area contributed by atoms with Crippen molar-refractivity contribution in [3.63, 3.8) is 0 Å². The molecule has 1 heterocycles. The number of rotatable bonds is 4. The first-order valence-corrected chi connectivity index (χ1v) is 8.78. The van der Waals surface area contributed by atoms with Gasteiger partial charge in [0.1, 0.15) is 12.1 Å². The van der Waals surface area contributed by atoms with E-state index in [1.807, 2.05) is 33.8 Å². The van der Waals surface area contributed by atoms with Crippen LogP contribution in [0.4, 0.5) is 0 Å². The molecule has 1 N–H and O–H groups in total. The van der Waals surface area contributed by atoms with Crippen LogP contribution < -0.4 is 5.32 Å². The second-order valence-corrected chi connectivity index (χ2v) is 7.90. The fourth-order valence-electron chi connectivity index (χ4n) is 3.75. The average Bonchev–Trinajstić information content (AvgIpc) is 2.91. The van der Waals surface area contributed by atoms with Crippen LogP contribution in [-0.4, -0.2) is 29.6 Å². The van der Waals surface area contributed by atoms with E-state index in [1.54, 1.807) is 19.1 Å². The quantitative estimate of drug-likeness (QED) is 0.499. The summed E-state index contributed by atoms with van der Waals surface area (Å²) in [7, 11) is 0.